The van der Waals surface area contributed by atoms with E-state index in [4.69, 9.17) is 9.51 Å². The smallest absolute Gasteiger partial charge is 0.338 e. The molecule has 3 N–H and O–H groups in total. The maximum atomic E-state index is 12.3. The van der Waals surface area contributed by atoms with Gasteiger partial charge in [-0.15, -0.1) is 0 Å². The standard InChI is InChI=1S/C30H32N6O3/c1-17(2)29-34-27-25(30(37)38)14-24(33-23-8-10-31-11-9-23)15-26(27)36(29)16-19-4-5-20-6-7-21(13-22(20)12-19)28-32-18(3)39-35-28/h4-7,12-15,17,23,31,33H,8-11,16H2,1-3H3,(H,37,38). The molecule has 1 saturated heterocycles. The van der Waals surface area contributed by atoms with Crippen molar-refractivity contribution in [3.8, 4) is 11.4 Å². The lowest BCUT2D eigenvalue weighted by Gasteiger charge is -2.25. The summed E-state index contributed by atoms with van der Waals surface area (Å²) in [5, 5.41) is 23.3. The first-order valence-corrected chi connectivity index (χ1v) is 13.4. The number of hydrogen-bond donors (Lipinski definition) is 3. The predicted molar refractivity (Wildman–Crippen MR) is 151 cm³/mol. The van der Waals surface area contributed by atoms with Crippen molar-refractivity contribution >= 4 is 33.5 Å². The number of hydrogen-bond acceptors (Lipinski definition) is 7. The predicted octanol–water partition coefficient (Wildman–Crippen LogP) is 5.58. The van der Waals surface area contributed by atoms with E-state index in [9.17, 15) is 9.90 Å². The maximum absolute atomic E-state index is 12.3. The summed E-state index contributed by atoms with van der Waals surface area (Å²) in [6, 6.07) is 16.6. The number of nitrogens with one attached hydrogen (secondary N) is 2. The van der Waals surface area contributed by atoms with Crippen LogP contribution in [0.2, 0.25) is 0 Å². The average molecular weight is 525 g/mol. The molecule has 6 rings (SSSR count). The van der Waals surface area contributed by atoms with E-state index >= 15 is 0 Å². The van der Waals surface area contributed by atoms with E-state index in [1.54, 1.807) is 13.0 Å². The zero-order chi connectivity index (χ0) is 27.1. The Labute approximate surface area is 226 Å². The number of aromatic nitrogens is 4. The van der Waals surface area contributed by atoms with Gasteiger partial charge in [0.05, 0.1) is 11.1 Å². The van der Waals surface area contributed by atoms with Crippen LogP contribution in [0.3, 0.4) is 0 Å². The van der Waals surface area contributed by atoms with Gasteiger partial charge in [0.15, 0.2) is 0 Å². The second-order valence-corrected chi connectivity index (χ2v) is 10.6. The first-order valence-electron chi connectivity index (χ1n) is 13.4. The number of fused-ring (bicyclic) bond motifs is 2. The summed E-state index contributed by atoms with van der Waals surface area (Å²) >= 11 is 0. The molecule has 9 nitrogen and oxygen atoms in total. The largest absolute Gasteiger partial charge is 0.478 e. The molecular weight excluding hydrogens is 492 g/mol. The Hall–Kier alpha value is -4.24. The highest BCUT2D eigenvalue weighted by molar-refractivity contribution is 6.03. The highest BCUT2D eigenvalue weighted by Crippen LogP contribution is 2.31. The maximum Gasteiger partial charge on any atom is 0.338 e. The third-order valence-corrected chi connectivity index (χ3v) is 7.37. The molecule has 0 aliphatic carbocycles. The van der Waals surface area contributed by atoms with Crippen molar-refractivity contribution in [2.75, 3.05) is 18.4 Å². The number of aryl methyl sites for hydroxylation is 1. The molecule has 3 heterocycles. The average Bonchev–Trinajstić information content (AvgIpc) is 3.52. The summed E-state index contributed by atoms with van der Waals surface area (Å²) in [5.74, 6) is 1.11. The van der Waals surface area contributed by atoms with Crippen molar-refractivity contribution in [2.24, 2.45) is 0 Å². The number of carboxylic acid groups (broad SMARTS) is 1. The third kappa shape index (κ3) is 4.97. The molecule has 5 aromatic rings. The molecule has 39 heavy (non-hydrogen) atoms. The number of anilines is 1. The minimum absolute atomic E-state index is 0.119. The second-order valence-electron chi connectivity index (χ2n) is 10.6. The van der Waals surface area contributed by atoms with E-state index in [-0.39, 0.29) is 11.5 Å². The van der Waals surface area contributed by atoms with E-state index in [2.05, 4.69) is 75.6 Å². The zero-order valence-electron chi connectivity index (χ0n) is 22.4. The van der Waals surface area contributed by atoms with Crippen molar-refractivity contribution in [1.82, 2.24) is 25.0 Å². The van der Waals surface area contributed by atoms with Gasteiger partial charge in [-0.3, -0.25) is 0 Å². The third-order valence-electron chi connectivity index (χ3n) is 7.37. The van der Waals surface area contributed by atoms with Crippen LogP contribution in [-0.2, 0) is 6.54 Å². The molecule has 3 aromatic carbocycles. The lowest BCUT2D eigenvalue weighted by Crippen LogP contribution is -2.35. The van der Waals surface area contributed by atoms with Crippen molar-refractivity contribution < 1.29 is 14.4 Å². The fourth-order valence-electron chi connectivity index (χ4n) is 5.43. The molecule has 0 radical (unpaired) electrons. The second kappa shape index (κ2) is 10.1. The van der Waals surface area contributed by atoms with Crippen LogP contribution < -0.4 is 10.6 Å². The van der Waals surface area contributed by atoms with E-state index in [1.807, 2.05) is 6.07 Å². The molecule has 0 saturated carbocycles. The summed E-state index contributed by atoms with van der Waals surface area (Å²) in [6.45, 7) is 8.44. The monoisotopic (exact) mass is 524 g/mol. The normalized spacial score (nSPS) is 14.5. The van der Waals surface area contributed by atoms with Gasteiger partial charge in [0.25, 0.3) is 0 Å². The highest BCUT2D eigenvalue weighted by atomic mass is 16.5. The summed E-state index contributed by atoms with van der Waals surface area (Å²) in [4.78, 5) is 21.5. The van der Waals surface area contributed by atoms with Crippen LogP contribution in [0.15, 0.2) is 53.1 Å². The topological polar surface area (TPSA) is 118 Å². The fraction of sp³-hybridized carbons (Fsp3) is 0.333. The van der Waals surface area contributed by atoms with Gasteiger partial charge >= 0.3 is 5.97 Å². The number of nitrogens with zero attached hydrogens (tertiary/aromatic N) is 4. The quantitative estimate of drug-likeness (QED) is 0.252. The van der Waals surface area contributed by atoms with Crippen LogP contribution in [-0.4, -0.2) is 49.9 Å². The zero-order valence-corrected chi connectivity index (χ0v) is 22.4. The molecule has 1 aliphatic heterocycles. The van der Waals surface area contributed by atoms with Crippen molar-refractivity contribution in [3.63, 3.8) is 0 Å². The highest BCUT2D eigenvalue weighted by Gasteiger charge is 2.22. The Bertz CT molecular complexity index is 1680. The van der Waals surface area contributed by atoms with Crippen LogP contribution in [0.5, 0.6) is 0 Å². The molecule has 1 fully saturated rings. The van der Waals surface area contributed by atoms with E-state index in [0.717, 1.165) is 64.9 Å². The number of carboxylic acids is 1. The number of rotatable bonds is 7. The fourth-order valence-corrected chi connectivity index (χ4v) is 5.43. The van der Waals surface area contributed by atoms with Gasteiger partial charge in [-0.05, 0) is 66.5 Å². The Morgan fingerprint density at radius 1 is 1.10 bits per heavy atom. The number of piperidine rings is 1. The molecule has 0 bridgehead atoms. The molecule has 9 heteroatoms. The molecule has 1 aliphatic rings. The van der Waals surface area contributed by atoms with Crippen LogP contribution in [0, 0.1) is 6.92 Å². The van der Waals surface area contributed by atoms with Gasteiger partial charge in [-0.1, -0.05) is 43.3 Å². The van der Waals surface area contributed by atoms with Crippen LogP contribution in [0.1, 0.15) is 60.2 Å². The van der Waals surface area contributed by atoms with Crippen LogP contribution >= 0.6 is 0 Å². The lowest BCUT2D eigenvalue weighted by atomic mass is 10.0. The van der Waals surface area contributed by atoms with E-state index in [0.29, 0.717) is 29.8 Å². The molecule has 0 unspecified atom stereocenters. The van der Waals surface area contributed by atoms with Crippen molar-refractivity contribution in [2.45, 2.75) is 52.1 Å². The van der Waals surface area contributed by atoms with Crippen molar-refractivity contribution in [3.05, 3.63) is 71.4 Å². The first-order chi connectivity index (χ1) is 18.9. The number of imidazole rings is 1. The molecule has 0 amide bonds. The van der Waals surface area contributed by atoms with Crippen LogP contribution in [0.25, 0.3) is 33.2 Å². The Balaban J connectivity index is 1.42. The summed E-state index contributed by atoms with van der Waals surface area (Å²) in [6.07, 6.45) is 2.00. The number of aromatic carboxylic acids is 1. The molecule has 200 valence electrons. The SMILES string of the molecule is Cc1nc(-c2ccc3ccc(Cn4c(C(C)C)nc5c(C(=O)O)cc(NC6CCNCC6)cc54)cc3c2)no1. The summed E-state index contributed by atoms with van der Waals surface area (Å²) < 4.78 is 7.32. The van der Waals surface area contributed by atoms with Crippen LogP contribution in [0.4, 0.5) is 5.69 Å². The van der Waals surface area contributed by atoms with Crippen molar-refractivity contribution in [1.29, 1.82) is 0 Å². The Morgan fingerprint density at radius 3 is 2.62 bits per heavy atom. The molecule has 2 aromatic heterocycles. The van der Waals surface area contributed by atoms with Gasteiger partial charge in [-0.2, -0.15) is 4.98 Å². The number of benzene rings is 3. The Morgan fingerprint density at radius 2 is 1.90 bits per heavy atom. The Kier molecular flexibility index (Phi) is 6.52. The lowest BCUT2D eigenvalue weighted by molar-refractivity contribution is 0.0699. The first kappa shape index (κ1) is 25.1. The van der Waals surface area contributed by atoms with E-state index in [1.165, 1.54) is 0 Å². The van der Waals surface area contributed by atoms with Gasteiger partial charge in [0.2, 0.25) is 11.7 Å². The van der Waals surface area contributed by atoms with Gasteiger partial charge in [0, 0.05) is 36.7 Å². The van der Waals surface area contributed by atoms with Gasteiger partial charge in [-0.25, -0.2) is 9.78 Å². The molecule has 0 spiro atoms. The molecular formula is C30H32N6O3. The summed E-state index contributed by atoms with van der Waals surface area (Å²) in [5.41, 5.74) is 4.39. The number of carbonyl (C=O) groups is 1. The van der Waals surface area contributed by atoms with Gasteiger partial charge in [0.1, 0.15) is 11.3 Å². The summed E-state index contributed by atoms with van der Waals surface area (Å²) in [7, 11) is 0. The molecule has 0 atom stereocenters. The van der Waals surface area contributed by atoms with Gasteiger partial charge < -0.3 is 24.8 Å². The van der Waals surface area contributed by atoms with E-state index < -0.39 is 5.97 Å². The minimum Gasteiger partial charge on any atom is -0.478 e. The minimum atomic E-state index is -0.969.